The number of halogens is 1. The molecule has 0 fully saturated rings. The Hall–Kier alpha value is -2.86. The van der Waals surface area contributed by atoms with Crippen molar-refractivity contribution in [2.75, 3.05) is 12.4 Å². The van der Waals surface area contributed by atoms with E-state index in [2.05, 4.69) is 5.32 Å². The van der Waals surface area contributed by atoms with Gasteiger partial charge in [0, 0.05) is 17.8 Å². The number of carbonyl (C=O) groups excluding carboxylic acids is 1. The number of nitrogens with zero attached hydrogens (tertiary/aromatic N) is 1. The highest BCUT2D eigenvalue weighted by atomic mass is 35.5. The smallest absolute Gasteiger partial charge is 0.288 e. The largest absolute Gasteiger partial charge is 0.497 e. The molecule has 1 N–H and O–H groups in total. The first-order valence-electron chi connectivity index (χ1n) is 6.56. The van der Waals surface area contributed by atoms with Crippen LogP contribution in [0.3, 0.4) is 0 Å². The molecule has 0 saturated carbocycles. The van der Waals surface area contributed by atoms with Crippen LogP contribution in [0.5, 0.6) is 5.75 Å². The van der Waals surface area contributed by atoms with E-state index in [0.29, 0.717) is 17.0 Å². The summed E-state index contributed by atoms with van der Waals surface area (Å²) in [6.45, 7) is 0. The Morgan fingerprint density at radius 3 is 2.57 bits per heavy atom. The molecule has 0 aromatic heterocycles. The highest BCUT2D eigenvalue weighted by molar-refractivity contribution is 6.32. The van der Waals surface area contributed by atoms with Crippen LogP contribution in [0.4, 0.5) is 11.4 Å². The molecule has 6 nitrogen and oxygen atoms in total. The summed E-state index contributed by atoms with van der Waals surface area (Å²) in [5.41, 5.74) is 0.915. The molecule has 0 atom stereocenters. The molecule has 0 aliphatic carbocycles. The van der Waals surface area contributed by atoms with Gasteiger partial charge < -0.3 is 10.1 Å². The van der Waals surface area contributed by atoms with Gasteiger partial charge in [0.05, 0.1) is 12.0 Å². The summed E-state index contributed by atoms with van der Waals surface area (Å²) in [6, 6.07) is 11.2. The number of carbonyl (C=O) groups is 1. The van der Waals surface area contributed by atoms with Gasteiger partial charge >= 0.3 is 0 Å². The number of amides is 1. The fourth-order valence-corrected chi connectivity index (χ4v) is 1.99. The van der Waals surface area contributed by atoms with Crippen molar-refractivity contribution >= 4 is 35.0 Å². The van der Waals surface area contributed by atoms with Gasteiger partial charge in [-0.05, 0) is 42.0 Å². The van der Waals surface area contributed by atoms with Crippen molar-refractivity contribution in [3.8, 4) is 5.75 Å². The van der Waals surface area contributed by atoms with E-state index in [1.54, 1.807) is 37.4 Å². The molecule has 0 spiro atoms. The van der Waals surface area contributed by atoms with Crippen molar-refractivity contribution in [2.45, 2.75) is 0 Å². The lowest BCUT2D eigenvalue weighted by Gasteiger charge is -2.03. The molecule has 1 amide bonds. The molecule has 23 heavy (non-hydrogen) atoms. The molecule has 118 valence electrons. The van der Waals surface area contributed by atoms with E-state index in [0.717, 1.165) is 0 Å². The SMILES string of the molecule is COc1ccc(NC(=O)C=Cc2ccc(Cl)c([N+](=O)[O-])c2)cc1. The zero-order valence-electron chi connectivity index (χ0n) is 12.2. The fourth-order valence-electron chi connectivity index (χ4n) is 1.80. The molecule has 0 aliphatic rings. The van der Waals surface area contributed by atoms with Gasteiger partial charge in [-0.15, -0.1) is 0 Å². The number of nitrogens with one attached hydrogen (secondary N) is 1. The van der Waals surface area contributed by atoms with E-state index >= 15 is 0 Å². The zero-order valence-corrected chi connectivity index (χ0v) is 12.9. The van der Waals surface area contributed by atoms with Crippen LogP contribution >= 0.6 is 11.6 Å². The summed E-state index contributed by atoms with van der Waals surface area (Å²) in [6.07, 6.45) is 2.76. The Kier molecular flexibility index (Phi) is 5.32. The maximum atomic E-state index is 11.8. The maximum absolute atomic E-state index is 11.8. The van der Waals surface area contributed by atoms with Gasteiger partial charge in [-0.2, -0.15) is 0 Å². The van der Waals surface area contributed by atoms with Gasteiger partial charge in [-0.3, -0.25) is 14.9 Å². The van der Waals surface area contributed by atoms with E-state index in [4.69, 9.17) is 16.3 Å². The van der Waals surface area contributed by atoms with Crippen LogP contribution in [0, 0.1) is 10.1 Å². The lowest BCUT2D eigenvalue weighted by atomic mass is 10.2. The van der Waals surface area contributed by atoms with Crippen molar-refractivity contribution < 1.29 is 14.5 Å². The molecule has 2 aromatic carbocycles. The minimum Gasteiger partial charge on any atom is -0.497 e. The molecular weight excluding hydrogens is 320 g/mol. The third-order valence-electron chi connectivity index (χ3n) is 2.95. The summed E-state index contributed by atoms with van der Waals surface area (Å²) in [5, 5.41) is 13.5. The third-order valence-corrected chi connectivity index (χ3v) is 3.27. The molecule has 0 radical (unpaired) electrons. The van der Waals surface area contributed by atoms with Gasteiger partial charge in [0.2, 0.25) is 5.91 Å². The summed E-state index contributed by atoms with van der Waals surface area (Å²) in [7, 11) is 1.56. The average molecular weight is 333 g/mol. The van der Waals surface area contributed by atoms with E-state index in [1.807, 2.05) is 0 Å². The van der Waals surface area contributed by atoms with Crippen molar-refractivity contribution in [3.05, 3.63) is 69.2 Å². The predicted molar refractivity (Wildman–Crippen MR) is 88.8 cm³/mol. The number of nitro benzene ring substituents is 1. The zero-order chi connectivity index (χ0) is 16.8. The topological polar surface area (TPSA) is 81.5 Å². The first-order valence-corrected chi connectivity index (χ1v) is 6.94. The number of methoxy groups -OCH3 is 1. The minimum atomic E-state index is -0.572. The monoisotopic (exact) mass is 332 g/mol. The molecule has 0 bridgehead atoms. The number of hydrogen-bond donors (Lipinski definition) is 1. The second kappa shape index (κ2) is 7.42. The quantitative estimate of drug-likeness (QED) is 0.511. The number of hydrogen-bond acceptors (Lipinski definition) is 4. The van der Waals surface area contributed by atoms with Crippen LogP contribution < -0.4 is 10.1 Å². The Balaban J connectivity index is 2.05. The Morgan fingerprint density at radius 2 is 1.96 bits per heavy atom. The molecule has 0 saturated heterocycles. The molecule has 7 heteroatoms. The average Bonchev–Trinajstić information content (AvgIpc) is 2.54. The van der Waals surface area contributed by atoms with Gasteiger partial charge in [0.1, 0.15) is 10.8 Å². The lowest BCUT2D eigenvalue weighted by molar-refractivity contribution is -0.384. The highest BCUT2D eigenvalue weighted by Gasteiger charge is 2.11. The minimum absolute atomic E-state index is 0.0508. The van der Waals surface area contributed by atoms with Crippen LogP contribution in [-0.2, 0) is 4.79 Å². The Bertz CT molecular complexity index is 757. The number of benzene rings is 2. The molecule has 0 heterocycles. The first-order chi connectivity index (χ1) is 11.0. The Morgan fingerprint density at radius 1 is 1.26 bits per heavy atom. The Labute approximate surface area is 137 Å². The fraction of sp³-hybridized carbons (Fsp3) is 0.0625. The predicted octanol–water partition coefficient (Wildman–Crippen LogP) is 3.91. The number of nitro groups is 1. The third kappa shape index (κ3) is 4.55. The standard InChI is InChI=1S/C16H13ClN2O4/c1-23-13-6-4-12(5-7-13)18-16(20)9-3-11-2-8-14(17)15(10-11)19(21)22/h2-10H,1H3,(H,18,20). The van der Waals surface area contributed by atoms with Crippen LogP contribution in [0.15, 0.2) is 48.5 Å². The first kappa shape index (κ1) is 16.5. The van der Waals surface area contributed by atoms with E-state index in [-0.39, 0.29) is 16.6 Å². The molecule has 0 aliphatic heterocycles. The molecule has 2 rings (SSSR count). The van der Waals surface area contributed by atoms with Gasteiger partial charge in [-0.1, -0.05) is 17.7 Å². The van der Waals surface area contributed by atoms with Crippen LogP contribution in [-0.4, -0.2) is 17.9 Å². The second-order valence-corrected chi connectivity index (χ2v) is 4.93. The van der Waals surface area contributed by atoms with Crippen LogP contribution in [0.2, 0.25) is 5.02 Å². The van der Waals surface area contributed by atoms with E-state index in [9.17, 15) is 14.9 Å². The van der Waals surface area contributed by atoms with Gasteiger partial charge in [-0.25, -0.2) is 0 Å². The lowest BCUT2D eigenvalue weighted by Crippen LogP contribution is -2.07. The highest BCUT2D eigenvalue weighted by Crippen LogP contribution is 2.25. The summed E-state index contributed by atoms with van der Waals surface area (Å²) >= 11 is 5.73. The van der Waals surface area contributed by atoms with Gasteiger partial charge in [0.15, 0.2) is 0 Å². The van der Waals surface area contributed by atoms with Crippen molar-refractivity contribution in [1.29, 1.82) is 0 Å². The van der Waals surface area contributed by atoms with Gasteiger partial charge in [0.25, 0.3) is 5.69 Å². The van der Waals surface area contributed by atoms with Crippen molar-refractivity contribution in [2.24, 2.45) is 0 Å². The molecular formula is C16H13ClN2O4. The normalized spacial score (nSPS) is 10.5. The number of ether oxygens (including phenoxy) is 1. The number of anilines is 1. The summed E-state index contributed by atoms with van der Waals surface area (Å²) in [4.78, 5) is 22.1. The summed E-state index contributed by atoms with van der Waals surface area (Å²) in [5.74, 6) is 0.333. The summed E-state index contributed by atoms with van der Waals surface area (Å²) < 4.78 is 5.03. The molecule has 0 unspecified atom stereocenters. The van der Waals surface area contributed by atoms with Crippen LogP contribution in [0.1, 0.15) is 5.56 Å². The maximum Gasteiger partial charge on any atom is 0.288 e. The van der Waals surface area contributed by atoms with Crippen molar-refractivity contribution in [1.82, 2.24) is 0 Å². The van der Waals surface area contributed by atoms with E-state index < -0.39 is 4.92 Å². The van der Waals surface area contributed by atoms with Crippen LogP contribution in [0.25, 0.3) is 6.08 Å². The molecule has 2 aromatic rings. The number of rotatable bonds is 5. The second-order valence-electron chi connectivity index (χ2n) is 4.52. The van der Waals surface area contributed by atoms with E-state index in [1.165, 1.54) is 24.3 Å². The van der Waals surface area contributed by atoms with Crippen molar-refractivity contribution in [3.63, 3.8) is 0 Å².